The minimum absolute atomic E-state index is 0.114. The number of ether oxygens (including phenoxy) is 4. The molecule has 1 aliphatic heterocycles. The second-order valence-corrected chi connectivity index (χ2v) is 19.4. The molecular weight excluding hydrogens is 620 g/mol. The summed E-state index contributed by atoms with van der Waals surface area (Å²) in [6.07, 6.45) is 5.42. The summed E-state index contributed by atoms with van der Waals surface area (Å²) in [6.45, 7) is 12.6. The van der Waals surface area contributed by atoms with E-state index in [1.54, 1.807) is 18.2 Å². The normalized spacial score (nSPS) is 15.3. The Morgan fingerprint density at radius 2 is 1.87 bits per heavy atom. The van der Waals surface area contributed by atoms with Crippen LogP contribution in [0, 0.1) is 28.4 Å². The largest absolute Gasteiger partial charge is 0.490 e. The van der Waals surface area contributed by atoms with Crippen LogP contribution in [0.15, 0.2) is 53.8 Å². The van der Waals surface area contributed by atoms with Crippen LogP contribution in [0.5, 0.6) is 17.2 Å². The highest BCUT2D eigenvalue weighted by molar-refractivity contribution is 6.76. The maximum absolute atomic E-state index is 15.5. The van der Waals surface area contributed by atoms with Crippen molar-refractivity contribution in [1.82, 2.24) is 9.55 Å². The summed E-state index contributed by atoms with van der Waals surface area (Å²) in [7, 11) is -1.31. The van der Waals surface area contributed by atoms with E-state index in [1.165, 1.54) is 6.20 Å². The third-order valence-corrected chi connectivity index (χ3v) is 9.92. The van der Waals surface area contributed by atoms with Gasteiger partial charge in [0.15, 0.2) is 17.4 Å². The molecule has 0 radical (unpaired) electrons. The van der Waals surface area contributed by atoms with Gasteiger partial charge in [-0.15, -0.1) is 0 Å². The molecule has 246 valence electrons. The second kappa shape index (κ2) is 13.0. The highest BCUT2D eigenvalue weighted by Crippen LogP contribution is 2.47. The highest BCUT2D eigenvalue weighted by atomic mass is 28.3. The fraction of sp³-hybridized carbons (Fsp3) is 0.400. The standard InChI is InChI=1S/C35H39F2N5O4Si/c1-22(2)45-29-7-6-23(14-24(29)17-38)26-18-42(21-43-12-13-47(3,4)5)33-31(26)30(8-11-39-33)46-32-27(36)15-25(16-28(32)37)41-34-40-19-35(9-10-35)20-44-34/h6-8,11,14-16,18,22H,9-10,12-13,19-21H2,1-5H3,(H,40,41). The minimum atomic E-state index is -1.31. The maximum atomic E-state index is 15.5. The molecule has 3 heterocycles. The smallest absolute Gasteiger partial charge is 0.289 e. The number of fused-ring (bicyclic) bond motifs is 1. The number of halogens is 2. The highest BCUT2D eigenvalue weighted by Gasteiger charge is 2.45. The number of aromatic nitrogens is 2. The van der Waals surface area contributed by atoms with Gasteiger partial charge in [0.2, 0.25) is 0 Å². The van der Waals surface area contributed by atoms with Gasteiger partial charge < -0.3 is 28.8 Å². The van der Waals surface area contributed by atoms with Gasteiger partial charge in [-0.25, -0.2) is 18.8 Å². The van der Waals surface area contributed by atoms with Gasteiger partial charge in [0, 0.05) is 55.9 Å². The van der Waals surface area contributed by atoms with Crippen molar-refractivity contribution in [2.45, 2.75) is 65.2 Å². The number of hydrogen-bond donors (Lipinski definition) is 1. The zero-order chi connectivity index (χ0) is 33.3. The Labute approximate surface area is 274 Å². The molecule has 1 saturated carbocycles. The van der Waals surface area contributed by atoms with Crippen LogP contribution in [0.2, 0.25) is 25.7 Å². The van der Waals surface area contributed by atoms with Crippen LogP contribution in [0.1, 0.15) is 32.3 Å². The van der Waals surface area contributed by atoms with Crippen molar-refractivity contribution < 1.29 is 27.7 Å². The van der Waals surface area contributed by atoms with E-state index < -0.39 is 25.5 Å². The zero-order valence-electron chi connectivity index (χ0n) is 27.3. The lowest BCUT2D eigenvalue weighted by atomic mass is 10.0. The molecule has 1 N–H and O–H groups in total. The summed E-state index contributed by atoms with van der Waals surface area (Å²) in [6, 6.07) is 12.6. The lowest BCUT2D eigenvalue weighted by Gasteiger charge is -2.22. The van der Waals surface area contributed by atoms with Crippen LogP contribution in [-0.4, -0.2) is 49.5 Å². The summed E-state index contributed by atoms with van der Waals surface area (Å²) < 4.78 is 56.4. The van der Waals surface area contributed by atoms with Crippen molar-refractivity contribution in [2.75, 3.05) is 25.1 Å². The number of anilines is 1. The predicted octanol–water partition coefficient (Wildman–Crippen LogP) is 8.32. The third-order valence-electron chi connectivity index (χ3n) is 8.21. The summed E-state index contributed by atoms with van der Waals surface area (Å²) in [5, 5.41) is 13.3. The molecule has 9 nitrogen and oxygen atoms in total. The summed E-state index contributed by atoms with van der Waals surface area (Å²) in [5.74, 6) is -1.70. The Morgan fingerprint density at radius 3 is 2.51 bits per heavy atom. The molecule has 2 aromatic heterocycles. The average Bonchev–Trinajstić information content (AvgIpc) is 3.67. The van der Waals surface area contributed by atoms with Crippen LogP contribution in [0.4, 0.5) is 14.5 Å². The topological polar surface area (TPSA) is 103 Å². The van der Waals surface area contributed by atoms with Crippen LogP contribution >= 0.6 is 0 Å². The van der Waals surface area contributed by atoms with Gasteiger partial charge in [0.05, 0.1) is 30.2 Å². The third kappa shape index (κ3) is 7.42. The second-order valence-electron chi connectivity index (χ2n) is 13.8. The van der Waals surface area contributed by atoms with Crippen molar-refractivity contribution in [3.8, 4) is 34.4 Å². The van der Waals surface area contributed by atoms with Crippen molar-refractivity contribution in [3.63, 3.8) is 0 Å². The molecule has 0 atom stereocenters. The number of pyridine rings is 1. The number of nitriles is 1. The number of benzene rings is 2. The van der Waals surface area contributed by atoms with Gasteiger partial charge in [0.25, 0.3) is 6.02 Å². The number of amidine groups is 1. The van der Waals surface area contributed by atoms with Gasteiger partial charge in [0.1, 0.15) is 29.9 Å². The van der Waals surface area contributed by atoms with Crippen molar-refractivity contribution >= 4 is 30.8 Å². The fourth-order valence-corrected chi connectivity index (χ4v) is 6.10. The fourth-order valence-electron chi connectivity index (χ4n) is 5.34. The Balaban J connectivity index is 1.34. The van der Waals surface area contributed by atoms with Gasteiger partial charge >= 0.3 is 0 Å². The Kier molecular flexibility index (Phi) is 8.96. The molecule has 0 unspecified atom stereocenters. The molecule has 1 fully saturated rings. The molecule has 0 saturated heterocycles. The van der Waals surface area contributed by atoms with Crippen LogP contribution in [-0.2, 0) is 16.2 Å². The summed E-state index contributed by atoms with van der Waals surface area (Å²) in [5.41, 5.74) is 2.49. The first kappa shape index (κ1) is 32.5. The van der Waals surface area contributed by atoms with Crippen molar-refractivity contribution in [2.24, 2.45) is 10.4 Å². The molecule has 2 aliphatic rings. The van der Waals surface area contributed by atoms with Crippen molar-refractivity contribution in [3.05, 3.63) is 66.0 Å². The van der Waals surface area contributed by atoms with E-state index >= 15 is 8.78 Å². The molecule has 0 amide bonds. The minimum Gasteiger partial charge on any atom is -0.490 e. The zero-order valence-corrected chi connectivity index (χ0v) is 28.3. The van der Waals surface area contributed by atoms with Crippen LogP contribution in [0.3, 0.4) is 0 Å². The molecule has 4 aromatic rings. The molecule has 2 aromatic carbocycles. The van der Waals surface area contributed by atoms with Gasteiger partial charge in [-0.05, 0) is 56.5 Å². The lowest BCUT2D eigenvalue weighted by Crippen LogP contribution is -2.29. The first-order valence-corrected chi connectivity index (χ1v) is 19.5. The first-order valence-electron chi connectivity index (χ1n) is 15.8. The Bertz CT molecular complexity index is 1850. The van der Waals surface area contributed by atoms with E-state index in [-0.39, 0.29) is 35.7 Å². The van der Waals surface area contributed by atoms with Gasteiger partial charge in [-0.2, -0.15) is 5.26 Å². The molecule has 1 aliphatic carbocycles. The van der Waals surface area contributed by atoms with E-state index in [0.717, 1.165) is 31.0 Å². The Hall–Kier alpha value is -4.47. The number of nitrogens with zero attached hydrogens (tertiary/aromatic N) is 4. The summed E-state index contributed by atoms with van der Waals surface area (Å²) in [4.78, 5) is 8.99. The van der Waals surface area contributed by atoms with E-state index in [1.807, 2.05) is 30.7 Å². The predicted molar refractivity (Wildman–Crippen MR) is 180 cm³/mol. The van der Waals surface area contributed by atoms with E-state index in [2.05, 4.69) is 41.0 Å². The SMILES string of the molecule is CC(C)Oc1ccc(-c2cn(COCC[Si](C)(C)C)c3nccc(Oc4c(F)cc(NC5=NCC6(CC6)CO5)cc4F)c23)cc1C#N. The van der Waals surface area contributed by atoms with Crippen molar-refractivity contribution in [1.29, 1.82) is 5.26 Å². The number of nitrogens with one attached hydrogen (secondary N) is 1. The number of aliphatic imine (C=N–C) groups is 1. The average molecular weight is 660 g/mol. The molecule has 0 bridgehead atoms. The Morgan fingerprint density at radius 1 is 1.11 bits per heavy atom. The molecule has 6 rings (SSSR count). The molecule has 47 heavy (non-hydrogen) atoms. The number of hydrogen-bond acceptors (Lipinski definition) is 8. The summed E-state index contributed by atoms with van der Waals surface area (Å²) >= 11 is 0. The van der Waals surface area contributed by atoms with Gasteiger partial charge in [-0.3, -0.25) is 0 Å². The maximum Gasteiger partial charge on any atom is 0.289 e. The monoisotopic (exact) mass is 659 g/mol. The molecule has 12 heteroatoms. The first-order chi connectivity index (χ1) is 22.4. The quantitative estimate of drug-likeness (QED) is 0.128. The van der Waals surface area contributed by atoms with E-state index in [4.69, 9.17) is 18.9 Å². The van der Waals surface area contributed by atoms with Gasteiger partial charge in [-0.1, -0.05) is 25.7 Å². The van der Waals surface area contributed by atoms with E-state index in [0.29, 0.717) is 53.2 Å². The van der Waals surface area contributed by atoms with Crippen LogP contribution in [0.25, 0.3) is 22.2 Å². The molecule has 1 spiro atoms. The lowest BCUT2D eigenvalue weighted by molar-refractivity contribution is 0.0899. The van der Waals surface area contributed by atoms with E-state index in [9.17, 15) is 5.26 Å². The number of rotatable bonds is 11. The van der Waals surface area contributed by atoms with Crippen LogP contribution < -0.4 is 14.8 Å². The molecular formula is C35H39F2N5O4Si.